The van der Waals surface area contributed by atoms with E-state index in [2.05, 4.69) is 4.74 Å². The third-order valence-corrected chi connectivity index (χ3v) is 2.77. The van der Waals surface area contributed by atoms with Gasteiger partial charge in [-0.25, -0.2) is 18.4 Å². The molecule has 0 atom stereocenters. The number of alkyl halides is 3. The maximum Gasteiger partial charge on any atom is 0.491 e. The van der Waals surface area contributed by atoms with Gasteiger partial charge in [-0.2, -0.15) is 13.2 Å². The lowest BCUT2D eigenvalue weighted by molar-refractivity contribution is -0.192. The fraction of sp³-hybridized carbons (Fsp3) is 0.0667. The summed E-state index contributed by atoms with van der Waals surface area (Å²) in [5.74, 6) is -4.14. The number of esters is 1. The molecule has 0 aliphatic heterocycles. The molecule has 0 aliphatic rings. The standard InChI is InChI=1S/C15H8F5NO3/c16-9-3-1-2-8(6-9)11-5-4-10(17)7-12(11)21-14(23)24-13(22)15(18,19)20/h1-7H,(H,21,23). The number of hydrogen-bond acceptors (Lipinski definition) is 3. The van der Waals surface area contributed by atoms with E-state index in [-0.39, 0.29) is 16.8 Å². The van der Waals surface area contributed by atoms with E-state index < -0.39 is 29.9 Å². The molecule has 0 bridgehead atoms. The van der Waals surface area contributed by atoms with Crippen molar-refractivity contribution in [1.29, 1.82) is 0 Å². The molecule has 0 radical (unpaired) electrons. The maximum atomic E-state index is 13.3. The molecular formula is C15H8F5NO3. The van der Waals surface area contributed by atoms with E-state index in [1.54, 1.807) is 0 Å². The second-order valence-electron chi connectivity index (χ2n) is 4.50. The molecule has 24 heavy (non-hydrogen) atoms. The number of halogens is 5. The summed E-state index contributed by atoms with van der Waals surface area (Å²) in [5, 5.41) is 1.83. The highest BCUT2D eigenvalue weighted by Crippen LogP contribution is 2.29. The van der Waals surface area contributed by atoms with E-state index in [0.29, 0.717) is 0 Å². The molecule has 126 valence electrons. The van der Waals surface area contributed by atoms with Gasteiger partial charge >= 0.3 is 18.2 Å². The van der Waals surface area contributed by atoms with Crippen molar-refractivity contribution in [2.75, 3.05) is 5.32 Å². The number of carbonyl (C=O) groups excluding carboxylic acids is 2. The summed E-state index contributed by atoms with van der Waals surface area (Å²) in [7, 11) is 0. The topological polar surface area (TPSA) is 55.4 Å². The summed E-state index contributed by atoms with van der Waals surface area (Å²) in [6.07, 6.45) is -7.11. The van der Waals surface area contributed by atoms with Gasteiger partial charge in [0.25, 0.3) is 0 Å². The second-order valence-corrected chi connectivity index (χ2v) is 4.50. The third kappa shape index (κ3) is 4.28. The first-order valence-corrected chi connectivity index (χ1v) is 6.32. The molecule has 9 heteroatoms. The first-order valence-electron chi connectivity index (χ1n) is 6.32. The number of anilines is 1. The fourth-order valence-electron chi connectivity index (χ4n) is 1.81. The van der Waals surface area contributed by atoms with Crippen LogP contribution in [0.4, 0.5) is 32.4 Å². The van der Waals surface area contributed by atoms with Crippen LogP contribution in [0.2, 0.25) is 0 Å². The molecule has 2 rings (SSSR count). The highest BCUT2D eigenvalue weighted by atomic mass is 19.4. The van der Waals surface area contributed by atoms with Crippen LogP contribution in [0.15, 0.2) is 42.5 Å². The molecule has 4 nitrogen and oxygen atoms in total. The van der Waals surface area contributed by atoms with E-state index in [1.807, 2.05) is 5.32 Å². The molecule has 0 aliphatic carbocycles. The summed E-state index contributed by atoms with van der Waals surface area (Å²) in [5.41, 5.74) is 0.0559. The average Bonchev–Trinajstić information content (AvgIpc) is 2.46. The van der Waals surface area contributed by atoms with Crippen molar-refractivity contribution in [1.82, 2.24) is 0 Å². The van der Waals surface area contributed by atoms with Gasteiger partial charge in [0, 0.05) is 5.56 Å². The van der Waals surface area contributed by atoms with Crippen LogP contribution in [0, 0.1) is 11.6 Å². The molecule has 0 aromatic heterocycles. The zero-order valence-corrected chi connectivity index (χ0v) is 11.7. The number of rotatable bonds is 2. The van der Waals surface area contributed by atoms with E-state index in [4.69, 9.17) is 0 Å². The number of benzene rings is 2. The molecular weight excluding hydrogens is 337 g/mol. The van der Waals surface area contributed by atoms with Crippen LogP contribution < -0.4 is 5.32 Å². The Bertz CT molecular complexity index is 789. The zero-order chi connectivity index (χ0) is 17.9. The smallest absolute Gasteiger partial charge is 0.369 e. The van der Waals surface area contributed by atoms with Crippen molar-refractivity contribution in [3.63, 3.8) is 0 Å². The highest BCUT2D eigenvalue weighted by Gasteiger charge is 2.42. The zero-order valence-electron chi connectivity index (χ0n) is 11.7. The number of ether oxygens (including phenoxy) is 1. The third-order valence-electron chi connectivity index (χ3n) is 2.77. The molecule has 2 aromatic rings. The van der Waals surface area contributed by atoms with Gasteiger partial charge in [0.05, 0.1) is 5.69 Å². The monoisotopic (exact) mass is 345 g/mol. The largest absolute Gasteiger partial charge is 0.491 e. The Morgan fingerprint density at radius 3 is 2.25 bits per heavy atom. The molecule has 0 unspecified atom stereocenters. The summed E-state index contributed by atoms with van der Waals surface area (Å²) in [4.78, 5) is 22.0. The molecule has 1 amide bonds. The first kappa shape index (κ1) is 17.4. The van der Waals surface area contributed by atoms with E-state index in [9.17, 15) is 31.5 Å². The Morgan fingerprint density at radius 2 is 1.62 bits per heavy atom. The van der Waals surface area contributed by atoms with E-state index in [0.717, 1.165) is 24.3 Å². The Morgan fingerprint density at radius 1 is 0.958 bits per heavy atom. The molecule has 2 aromatic carbocycles. The van der Waals surface area contributed by atoms with Gasteiger partial charge in [0.2, 0.25) is 0 Å². The lowest BCUT2D eigenvalue weighted by atomic mass is 10.0. The number of nitrogens with one attached hydrogen (secondary N) is 1. The number of hydrogen-bond donors (Lipinski definition) is 1. The Kier molecular flexibility index (Phi) is 4.82. The van der Waals surface area contributed by atoms with Crippen molar-refractivity contribution < 1.29 is 36.3 Å². The quantitative estimate of drug-likeness (QED) is 0.502. The molecule has 0 saturated heterocycles. The second kappa shape index (κ2) is 6.65. The molecule has 1 N–H and O–H groups in total. The summed E-state index contributed by atoms with van der Waals surface area (Å²) >= 11 is 0. The van der Waals surface area contributed by atoms with Crippen molar-refractivity contribution in [3.8, 4) is 11.1 Å². The van der Waals surface area contributed by atoms with Crippen LogP contribution >= 0.6 is 0 Å². The van der Waals surface area contributed by atoms with Crippen LogP contribution in [0.5, 0.6) is 0 Å². The Hall–Kier alpha value is -2.97. The van der Waals surface area contributed by atoms with Crippen molar-refractivity contribution >= 4 is 17.7 Å². The minimum absolute atomic E-state index is 0.118. The predicted molar refractivity (Wildman–Crippen MR) is 73.0 cm³/mol. The Labute approximate surface area is 131 Å². The SMILES string of the molecule is O=C(Nc1cc(F)ccc1-c1cccc(F)c1)OC(=O)C(F)(F)F. The van der Waals surface area contributed by atoms with Crippen LogP contribution in [0.3, 0.4) is 0 Å². The van der Waals surface area contributed by atoms with Gasteiger partial charge in [-0.15, -0.1) is 0 Å². The minimum Gasteiger partial charge on any atom is -0.369 e. The summed E-state index contributed by atoms with van der Waals surface area (Å²) < 4.78 is 66.3. The maximum absolute atomic E-state index is 13.3. The predicted octanol–water partition coefficient (Wildman–Crippen LogP) is 4.27. The van der Waals surface area contributed by atoms with Gasteiger partial charge in [-0.1, -0.05) is 12.1 Å². The number of amides is 1. The van der Waals surface area contributed by atoms with Gasteiger partial charge in [0.1, 0.15) is 11.6 Å². The molecule has 0 saturated carbocycles. The lowest BCUT2D eigenvalue weighted by Gasteiger charge is -2.12. The van der Waals surface area contributed by atoms with Crippen molar-refractivity contribution in [3.05, 3.63) is 54.1 Å². The normalized spacial score (nSPS) is 11.0. The van der Waals surface area contributed by atoms with E-state index in [1.165, 1.54) is 18.2 Å². The van der Waals surface area contributed by atoms with Crippen LogP contribution in [0.25, 0.3) is 11.1 Å². The first-order chi connectivity index (χ1) is 11.2. The minimum atomic E-state index is -5.36. The molecule has 0 fully saturated rings. The molecule has 0 spiro atoms. The Balaban J connectivity index is 2.28. The average molecular weight is 345 g/mol. The van der Waals surface area contributed by atoms with Gasteiger partial charge in [0.15, 0.2) is 0 Å². The van der Waals surface area contributed by atoms with Crippen molar-refractivity contribution in [2.45, 2.75) is 6.18 Å². The highest BCUT2D eigenvalue weighted by molar-refractivity contribution is 5.97. The summed E-state index contributed by atoms with van der Waals surface area (Å²) in [6.45, 7) is 0. The fourth-order valence-corrected chi connectivity index (χ4v) is 1.81. The number of carbonyl (C=O) groups is 2. The van der Waals surface area contributed by atoms with Crippen LogP contribution in [0.1, 0.15) is 0 Å². The van der Waals surface area contributed by atoms with Gasteiger partial charge in [-0.05, 0) is 35.9 Å². The van der Waals surface area contributed by atoms with Crippen molar-refractivity contribution in [2.24, 2.45) is 0 Å². The lowest BCUT2D eigenvalue weighted by Crippen LogP contribution is -2.30. The van der Waals surface area contributed by atoms with Crippen LogP contribution in [-0.4, -0.2) is 18.2 Å². The summed E-state index contributed by atoms with van der Waals surface area (Å²) in [6, 6.07) is 8.00. The van der Waals surface area contributed by atoms with Gasteiger partial charge in [-0.3, -0.25) is 5.32 Å². The van der Waals surface area contributed by atoms with Gasteiger partial charge < -0.3 is 4.74 Å². The van der Waals surface area contributed by atoms with Crippen LogP contribution in [-0.2, 0) is 9.53 Å². The van der Waals surface area contributed by atoms with E-state index >= 15 is 0 Å². The molecule has 0 heterocycles.